The lowest BCUT2D eigenvalue weighted by Crippen LogP contribution is -2.16. The zero-order valence-electron chi connectivity index (χ0n) is 14.4. The summed E-state index contributed by atoms with van der Waals surface area (Å²) in [4.78, 5) is 12.1. The van der Waals surface area contributed by atoms with E-state index in [-0.39, 0.29) is 17.6 Å². The van der Waals surface area contributed by atoms with Crippen molar-refractivity contribution in [3.05, 3.63) is 40.0 Å². The van der Waals surface area contributed by atoms with Crippen LogP contribution in [0.5, 0.6) is 0 Å². The number of rotatable bonds is 6. The van der Waals surface area contributed by atoms with E-state index in [1.807, 2.05) is 13.8 Å². The Morgan fingerprint density at radius 1 is 1.33 bits per heavy atom. The summed E-state index contributed by atoms with van der Waals surface area (Å²) in [6.45, 7) is 3.97. The van der Waals surface area contributed by atoms with Crippen LogP contribution in [-0.2, 0) is 4.79 Å². The van der Waals surface area contributed by atoms with E-state index in [4.69, 9.17) is 33.6 Å². The predicted octanol–water partition coefficient (Wildman–Crippen LogP) is 3.81. The molecule has 0 bridgehead atoms. The second-order valence-electron chi connectivity index (χ2n) is 5.91. The van der Waals surface area contributed by atoms with E-state index < -0.39 is 0 Å². The minimum absolute atomic E-state index is 0.0708. The van der Waals surface area contributed by atoms with Gasteiger partial charge < -0.3 is 10.4 Å². The van der Waals surface area contributed by atoms with E-state index in [0.717, 1.165) is 17.5 Å². The summed E-state index contributed by atoms with van der Waals surface area (Å²) in [5, 5.41) is 15.8. The molecule has 1 aromatic carbocycles. The van der Waals surface area contributed by atoms with Gasteiger partial charge in [-0.15, -0.1) is 10.2 Å². The first-order valence-corrected chi connectivity index (χ1v) is 9.64. The molecule has 3 N–H and O–H groups in total. The number of anilines is 1. The Bertz CT molecular complexity index is 972. The third-order valence-electron chi connectivity index (χ3n) is 3.55. The topological polar surface area (TPSA) is 112 Å². The minimum Gasteiger partial charge on any atom is -0.338 e. The van der Waals surface area contributed by atoms with E-state index >= 15 is 0 Å². The SMILES string of the molecule is CC(C)c1cc(NC(=O)CSc2nnc(-c3ccc(Cl)cc3Cl)n2N)on1. The van der Waals surface area contributed by atoms with E-state index in [2.05, 4.69) is 20.7 Å². The summed E-state index contributed by atoms with van der Waals surface area (Å²) < 4.78 is 6.36. The van der Waals surface area contributed by atoms with Crippen molar-refractivity contribution in [3.8, 4) is 11.4 Å². The van der Waals surface area contributed by atoms with Crippen LogP contribution in [0.1, 0.15) is 25.5 Å². The maximum atomic E-state index is 12.1. The van der Waals surface area contributed by atoms with Crippen molar-refractivity contribution in [3.63, 3.8) is 0 Å². The van der Waals surface area contributed by atoms with Crippen LogP contribution >= 0.6 is 35.0 Å². The van der Waals surface area contributed by atoms with Crippen LogP contribution in [0.4, 0.5) is 5.88 Å². The number of aromatic nitrogens is 4. The van der Waals surface area contributed by atoms with E-state index in [1.165, 1.54) is 4.68 Å². The maximum absolute atomic E-state index is 12.1. The lowest BCUT2D eigenvalue weighted by Gasteiger charge is -2.05. The predicted molar refractivity (Wildman–Crippen MR) is 106 cm³/mol. The van der Waals surface area contributed by atoms with Gasteiger partial charge in [-0.1, -0.05) is 54.0 Å². The molecule has 142 valence electrons. The molecule has 2 heterocycles. The fourth-order valence-corrected chi connectivity index (χ4v) is 3.30. The maximum Gasteiger partial charge on any atom is 0.237 e. The number of carbonyl (C=O) groups is 1. The summed E-state index contributed by atoms with van der Waals surface area (Å²) >= 11 is 13.2. The highest BCUT2D eigenvalue weighted by Crippen LogP contribution is 2.30. The number of nitrogens with two attached hydrogens (primary N) is 1. The normalized spacial score (nSPS) is 11.1. The number of hydrogen-bond donors (Lipinski definition) is 2. The Morgan fingerprint density at radius 3 is 2.78 bits per heavy atom. The number of thioether (sulfide) groups is 1. The highest BCUT2D eigenvalue weighted by molar-refractivity contribution is 7.99. The van der Waals surface area contributed by atoms with Gasteiger partial charge in [-0.25, -0.2) is 4.68 Å². The molecular formula is C16H16Cl2N6O2S. The largest absolute Gasteiger partial charge is 0.338 e. The molecule has 11 heteroatoms. The van der Waals surface area contributed by atoms with Crippen LogP contribution in [0.25, 0.3) is 11.4 Å². The molecule has 27 heavy (non-hydrogen) atoms. The van der Waals surface area contributed by atoms with E-state index in [9.17, 15) is 4.79 Å². The molecule has 0 saturated carbocycles. The number of benzene rings is 1. The standard InChI is InChI=1S/C16H16Cl2N6O2S/c1-8(2)12-6-14(26-23-12)20-13(25)7-27-16-22-21-15(24(16)19)10-4-3-9(17)5-11(10)18/h3-6,8H,7,19H2,1-2H3,(H,20,25). The molecule has 2 aromatic heterocycles. The van der Waals surface area contributed by atoms with Crippen LogP contribution < -0.4 is 11.2 Å². The van der Waals surface area contributed by atoms with Crippen molar-refractivity contribution in [1.82, 2.24) is 20.0 Å². The van der Waals surface area contributed by atoms with Gasteiger partial charge in [0.1, 0.15) is 0 Å². The number of hydrogen-bond acceptors (Lipinski definition) is 7. The van der Waals surface area contributed by atoms with Crippen molar-refractivity contribution >= 4 is 46.8 Å². The highest BCUT2D eigenvalue weighted by Gasteiger charge is 2.17. The third-order valence-corrected chi connectivity index (χ3v) is 5.04. The Kier molecular flexibility index (Phi) is 5.93. The van der Waals surface area contributed by atoms with Crippen LogP contribution in [0.15, 0.2) is 33.9 Å². The van der Waals surface area contributed by atoms with Crippen LogP contribution in [0.3, 0.4) is 0 Å². The first kappa shape index (κ1) is 19.5. The molecule has 3 aromatic rings. The van der Waals surface area contributed by atoms with Crippen LogP contribution in [0, 0.1) is 0 Å². The average Bonchev–Trinajstić information content (AvgIpc) is 3.21. The van der Waals surface area contributed by atoms with Gasteiger partial charge in [-0.2, -0.15) is 0 Å². The van der Waals surface area contributed by atoms with Crippen molar-refractivity contribution in [1.29, 1.82) is 0 Å². The van der Waals surface area contributed by atoms with Gasteiger partial charge in [0, 0.05) is 16.7 Å². The lowest BCUT2D eigenvalue weighted by atomic mass is 10.1. The van der Waals surface area contributed by atoms with Crippen LogP contribution in [-0.4, -0.2) is 31.7 Å². The van der Waals surface area contributed by atoms with Crippen molar-refractivity contribution in [2.75, 3.05) is 16.9 Å². The quantitative estimate of drug-likeness (QED) is 0.455. The first-order valence-electron chi connectivity index (χ1n) is 7.90. The molecule has 0 fully saturated rings. The number of nitrogens with zero attached hydrogens (tertiary/aromatic N) is 4. The average molecular weight is 427 g/mol. The number of nitrogen functional groups attached to an aromatic ring is 1. The van der Waals surface area contributed by atoms with Gasteiger partial charge in [0.15, 0.2) is 5.82 Å². The minimum atomic E-state index is -0.277. The Labute approximate surface area is 169 Å². The van der Waals surface area contributed by atoms with Gasteiger partial charge in [0.25, 0.3) is 0 Å². The van der Waals surface area contributed by atoms with Crippen LogP contribution in [0.2, 0.25) is 10.0 Å². The number of halogens is 2. The number of carbonyl (C=O) groups excluding carboxylic acids is 1. The second-order valence-corrected chi connectivity index (χ2v) is 7.69. The molecule has 8 nitrogen and oxygen atoms in total. The molecule has 0 unspecified atom stereocenters. The molecular weight excluding hydrogens is 411 g/mol. The first-order chi connectivity index (χ1) is 12.8. The molecule has 0 aliphatic carbocycles. The van der Waals surface area contributed by atoms with E-state index in [1.54, 1.807) is 24.3 Å². The van der Waals surface area contributed by atoms with Gasteiger partial charge in [-0.05, 0) is 24.1 Å². The molecule has 0 atom stereocenters. The molecule has 1 amide bonds. The Morgan fingerprint density at radius 2 is 2.11 bits per heavy atom. The smallest absolute Gasteiger partial charge is 0.237 e. The highest BCUT2D eigenvalue weighted by atomic mass is 35.5. The number of amides is 1. The third kappa shape index (κ3) is 4.55. The fourth-order valence-electron chi connectivity index (χ4n) is 2.15. The Balaban J connectivity index is 1.64. The van der Waals surface area contributed by atoms with Crippen molar-refractivity contribution in [2.45, 2.75) is 24.9 Å². The summed E-state index contributed by atoms with van der Waals surface area (Å²) in [7, 11) is 0. The van der Waals surface area contributed by atoms with Crippen molar-refractivity contribution in [2.24, 2.45) is 0 Å². The fraction of sp³-hybridized carbons (Fsp3) is 0.250. The summed E-state index contributed by atoms with van der Waals surface area (Å²) in [5.41, 5.74) is 1.36. The molecule has 0 aliphatic heterocycles. The molecule has 0 saturated heterocycles. The summed E-state index contributed by atoms with van der Waals surface area (Å²) in [6.07, 6.45) is 0. The molecule has 3 rings (SSSR count). The van der Waals surface area contributed by atoms with Gasteiger partial charge in [0.05, 0.1) is 16.5 Å². The monoisotopic (exact) mass is 426 g/mol. The van der Waals surface area contributed by atoms with Gasteiger partial charge in [-0.3, -0.25) is 10.1 Å². The van der Waals surface area contributed by atoms with E-state index in [0.29, 0.717) is 32.5 Å². The van der Waals surface area contributed by atoms with Crippen molar-refractivity contribution < 1.29 is 9.32 Å². The second kappa shape index (κ2) is 8.20. The molecule has 0 aliphatic rings. The summed E-state index contributed by atoms with van der Waals surface area (Å²) in [6, 6.07) is 6.67. The molecule has 0 radical (unpaired) electrons. The Hall–Kier alpha value is -2.23. The molecule has 0 spiro atoms. The summed E-state index contributed by atoms with van der Waals surface area (Å²) in [5.74, 6) is 6.71. The van der Waals surface area contributed by atoms with Gasteiger partial charge >= 0.3 is 0 Å². The zero-order chi connectivity index (χ0) is 19.6. The zero-order valence-corrected chi connectivity index (χ0v) is 16.8. The van der Waals surface area contributed by atoms with Gasteiger partial charge in [0.2, 0.25) is 16.9 Å². The number of nitrogens with one attached hydrogen (secondary N) is 1. The lowest BCUT2D eigenvalue weighted by molar-refractivity contribution is -0.113.